The molecule has 0 fully saturated rings. The molecular weight excluding hydrogens is 502 g/mol. The summed E-state index contributed by atoms with van der Waals surface area (Å²) in [7, 11) is 0. The van der Waals surface area contributed by atoms with Crippen molar-refractivity contribution < 1.29 is 19.1 Å². The van der Waals surface area contributed by atoms with E-state index in [9.17, 15) is 14.4 Å². The molecule has 10 heteroatoms. The number of para-hydroxylation sites is 1. The number of ether oxygens (including phenoxy) is 2. The van der Waals surface area contributed by atoms with Crippen molar-refractivity contribution in [2.45, 2.75) is 26.8 Å². The van der Waals surface area contributed by atoms with E-state index in [-0.39, 0.29) is 18.6 Å². The number of halogens is 1. The number of aromatic nitrogens is 2. The lowest BCUT2D eigenvalue weighted by Gasteiger charge is -2.15. The van der Waals surface area contributed by atoms with E-state index in [1.54, 1.807) is 32.0 Å². The Bertz CT molecular complexity index is 1480. The summed E-state index contributed by atoms with van der Waals surface area (Å²) in [6, 6.07) is 13.5. The number of fused-ring (bicyclic) bond motifs is 1. The van der Waals surface area contributed by atoms with Gasteiger partial charge in [-0.15, -0.1) is 11.3 Å². The fraction of sp³-hybridized carbons (Fsp3) is 0.231. The number of aryl methyl sites for hydroxylation is 2. The number of hydrogen-bond donors (Lipinski definition) is 1. The minimum atomic E-state index is -0.848. The Hall–Kier alpha value is -3.69. The molecule has 4 aromatic rings. The van der Waals surface area contributed by atoms with Crippen LogP contribution >= 0.6 is 22.9 Å². The average Bonchev–Trinajstić information content (AvgIpc) is 3.21. The van der Waals surface area contributed by atoms with Crippen LogP contribution < -0.4 is 15.6 Å². The maximum absolute atomic E-state index is 13.3. The van der Waals surface area contributed by atoms with Gasteiger partial charge in [-0.2, -0.15) is 0 Å². The van der Waals surface area contributed by atoms with Gasteiger partial charge in [0.05, 0.1) is 11.7 Å². The molecule has 0 spiro atoms. The van der Waals surface area contributed by atoms with E-state index in [0.717, 1.165) is 16.9 Å². The Labute approximate surface area is 216 Å². The number of esters is 1. The second kappa shape index (κ2) is 10.9. The smallest absolute Gasteiger partial charge is 0.348 e. The fourth-order valence-corrected chi connectivity index (χ4v) is 4.74. The molecular formula is C26H24ClN3O5S. The average molecular weight is 526 g/mol. The number of anilines is 1. The zero-order valence-corrected chi connectivity index (χ0v) is 21.5. The van der Waals surface area contributed by atoms with Crippen LogP contribution in [0.25, 0.3) is 10.2 Å². The van der Waals surface area contributed by atoms with Gasteiger partial charge in [0.2, 0.25) is 5.91 Å². The van der Waals surface area contributed by atoms with Gasteiger partial charge in [-0.1, -0.05) is 35.9 Å². The van der Waals surface area contributed by atoms with Crippen molar-refractivity contribution in [2.24, 2.45) is 0 Å². The van der Waals surface area contributed by atoms with Crippen LogP contribution in [-0.4, -0.2) is 34.6 Å². The van der Waals surface area contributed by atoms with E-state index >= 15 is 0 Å². The summed E-state index contributed by atoms with van der Waals surface area (Å²) in [5.41, 5.74) is 1.47. The highest BCUT2D eigenvalue weighted by atomic mass is 35.5. The number of nitrogens with one attached hydrogen (secondary N) is 1. The van der Waals surface area contributed by atoms with Crippen molar-refractivity contribution >= 4 is 50.7 Å². The van der Waals surface area contributed by atoms with Crippen LogP contribution in [0, 0.1) is 13.8 Å². The van der Waals surface area contributed by atoms with Gasteiger partial charge in [0.15, 0.2) is 0 Å². The van der Waals surface area contributed by atoms with Crippen molar-refractivity contribution in [3.8, 4) is 5.75 Å². The van der Waals surface area contributed by atoms with E-state index < -0.39 is 23.5 Å². The van der Waals surface area contributed by atoms with Gasteiger partial charge in [-0.3, -0.25) is 14.2 Å². The summed E-state index contributed by atoms with van der Waals surface area (Å²) in [5, 5.41) is 3.58. The molecule has 1 N–H and O–H groups in total. The minimum Gasteiger partial charge on any atom is -0.490 e. The number of amides is 1. The van der Waals surface area contributed by atoms with E-state index in [0.29, 0.717) is 31.7 Å². The second-order valence-corrected chi connectivity index (χ2v) is 9.53. The normalized spacial score (nSPS) is 11.8. The Morgan fingerprint density at radius 3 is 2.61 bits per heavy atom. The fourth-order valence-electron chi connectivity index (χ4n) is 3.53. The lowest BCUT2D eigenvalue weighted by atomic mass is 10.2. The van der Waals surface area contributed by atoms with E-state index in [1.165, 1.54) is 10.9 Å². The molecule has 0 saturated carbocycles. The van der Waals surface area contributed by atoms with E-state index in [2.05, 4.69) is 10.3 Å². The zero-order chi connectivity index (χ0) is 25.8. The molecule has 2 aromatic heterocycles. The summed E-state index contributed by atoms with van der Waals surface area (Å²) < 4.78 is 12.1. The highest BCUT2D eigenvalue weighted by Gasteiger charge is 2.23. The topological polar surface area (TPSA) is 99.5 Å². The number of carbonyl (C=O) groups is 2. The van der Waals surface area contributed by atoms with Crippen LogP contribution in [-0.2, 0) is 9.53 Å². The lowest BCUT2D eigenvalue weighted by Crippen LogP contribution is -2.31. The number of thiophene rings is 1. The molecule has 0 aliphatic heterocycles. The quantitative estimate of drug-likeness (QED) is 0.252. The molecule has 0 aliphatic rings. The summed E-state index contributed by atoms with van der Waals surface area (Å²) in [5.74, 6) is -0.274. The van der Waals surface area contributed by atoms with Crippen molar-refractivity contribution in [3.05, 3.63) is 86.2 Å². The van der Waals surface area contributed by atoms with Crippen molar-refractivity contribution in [3.63, 3.8) is 0 Å². The van der Waals surface area contributed by atoms with Crippen LogP contribution in [0.15, 0.2) is 59.7 Å². The van der Waals surface area contributed by atoms with Crippen LogP contribution in [0.3, 0.4) is 0 Å². The molecule has 1 atom stereocenters. The number of hydrogen-bond acceptors (Lipinski definition) is 7. The van der Waals surface area contributed by atoms with Crippen LogP contribution in [0.5, 0.6) is 5.75 Å². The maximum atomic E-state index is 13.3. The van der Waals surface area contributed by atoms with Crippen LogP contribution in [0.1, 0.15) is 33.8 Å². The first-order valence-electron chi connectivity index (χ1n) is 11.2. The zero-order valence-electron chi connectivity index (χ0n) is 19.9. The van der Waals surface area contributed by atoms with Crippen LogP contribution in [0.2, 0.25) is 5.02 Å². The first kappa shape index (κ1) is 25.4. The molecule has 1 unspecified atom stereocenters. The molecule has 0 bridgehead atoms. The highest BCUT2D eigenvalue weighted by Crippen LogP contribution is 2.28. The molecule has 2 aromatic carbocycles. The molecule has 186 valence electrons. The van der Waals surface area contributed by atoms with Gasteiger partial charge >= 0.3 is 5.97 Å². The van der Waals surface area contributed by atoms with Crippen LogP contribution in [0.4, 0.5) is 5.69 Å². The molecule has 4 rings (SSSR count). The second-order valence-electron chi connectivity index (χ2n) is 8.12. The van der Waals surface area contributed by atoms with Gasteiger partial charge in [0, 0.05) is 10.7 Å². The van der Waals surface area contributed by atoms with Gasteiger partial charge in [0.1, 0.15) is 34.7 Å². The Kier molecular flexibility index (Phi) is 7.71. The summed E-state index contributed by atoms with van der Waals surface area (Å²) in [4.78, 5) is 43.8. The Morgan fingerprint density at radius 2 is 1.89 bits per heavy atom. The predicted octanol–water partition coefficient (Wildman–Crippen LogP) is 5.16. The SMILES string of the molecule is Cc1ccc(NC(=O)C(C)n2cnc3sc(C(=O)OCCOc4ccccc4)c(C)c3c2=O)cc1Cl. The molecule has 8 nitrogen and oxygen atoms in total. The molecule has 1 amide bonds. The van der Waals surface area contributed by atoms with Gasteiger partial charge in [-0.25, -0.2) is 9.78 Å². The van der Waals surface area contributed by atoms with E-state index in [1.807, 2.05) is 37.3 Å². The third kappa shape index (κ3) is 5.42. The Balaban J connectivity index is 1.47. The monoisotopic (exact) mass is 525 g/mol. The van der Waals surface area contributed by atoms with Gasteiger partial charge in [0.25, 0.3) is 5.56 Å². The predicted molar refractivity (Wildman–Crippen MR) is 140 cm³/mol. The number of nitrogens with zero attached hydrogens (tertiary/aromatic N) is 2. The van der Waals surface area contributed by atoms with Crippen molar-refractivity contribution in [2.75, 3.05) is 18.5 Å². The Morgan fingerprint density at radius 1 is 1.14 bits per heavy atom. The molecule has 2 heterocycles. The van der Waals surface area contributed by atoms with Gasteiger partial charge in [-0.05, 0) is 56.2 Å². The molecule has 0 radical (unpaired) electrons. The molecule has 0 saturated heterocycles. The van der Waals surface area contributed by atoms with Crippen molar-refractivity contribution in [1.29, 1.82) is 0 Å². The number of rotatable bonds is 8. The minimum absolute atomic E-state index is 0.0549. The lowest BCUT2D eigenvalue weighted by molar-refractivity contribution is -0.118. The first-order valence-corrected chi connectivity index (χ1v) is 12.4. The first-order chi connectivity index (χ1) is 17.3. The number of benzene rings is 2. The number of carbonyl (C=O) groups excluding carboxylic acids is 2. The summed E-state index contributed by atoms with van der Waals surface area (Å²) in [6.07, 6.45) is 1.32. The van der Waals surface area contributed by atoms with Crippen molar-refractivity contribution in [1.82, 2.24) is 9.55 Å². The van der Waals surface area contributed by atoms with Gasteiger partial charge < -0.3 is 14.8 Å². The largest absolute Gasteiger partial charge is 0.490 e. The third-order valence-corrected chi connectivity index (χ3v) is 7.21. The highest BCUT2D eigenvalue weighted by molar-refractivity contribution is 7.20. The molecule has 0 aliphatic carbocycles. The van der Waals surface area contributed by atoms with E-state index in [4.69, 9.17) is 21.1 Å². The summed E-state index contributed by atoms with van der Waals surface area (Å²) >= 11 is 7.22. The maximum Gasteiger partial charge on any atom is 0.348 e. The molecule has 36 heavy (non-hydrogen) atoms. The summed E-state index contributed by atoms with van der Waals surface area (Å²) in [6.45, 7) is 5.39. The third-order valence-electron chi connectivity index (χ3n) is 5.63. The standard InChI is InChI=1S/C26H24ClN3O5S/c1-15-9-10-18(13-20(15)27)29-23(31)17(3)30-14-28-24-21(25(30)32)16(2)22(36-24)26(33)35-12-11-34-19-7-5-4-6-8-19/h4-10,13-14,17H,11-12H2,1-3H3,(H,29,31).